The number of nitroso groups, excluding NO2 is 2. The van der Waals surface area contributed by atoms with Crippen molar-refractivity contribution in [3.63, 3.8) is 0 Å². The molecule has 7 nitrogen and oxygen atoms in total. The highest BCUT2D eigenvalue weighted by Gasteiger charge is 2.29. The molecule has 22 heavy (non-hydrogen) atoms. The molecule has 0 spiro atoms. The van der Waals surface area contributed by atoms with E-state index in [1.54, 1.807) is 0 Å². The minimum absolute atomic E-state index is 0.300. The van der Waals surface area contributed by atoms with Gasteiger partial charge in [-0.15, -0.1) is 0 Å². The summed E-state index contributed by atoms with van der Waals surface area (Å²) in [6.07, 6.45) is 0. The van der Waals surface area contributed by atoms with Gasteiger partial charge in [-0.05, 0) is 54.5 Å². The molecule has 130 valence electrons. The van der Waals surface area contributed by atoms with Crippen LogP contribution >= 0.6 is 0 Å². The van der Waals surface area contributed by atoms with E-state index in [0.717, 1.165) is 19.6 Å². The standard InChI is InChI=1S/C15H33N5O2/c1-11(19-21)14(3,4)17-9-13(8-16-7)10-18-15(5,6)12(2)20-22/h11-13,16-18H,8-10H2,1-7H3. The third-order valence-corrected chi connectivity index (χ3v) is 4.59. The summed E-state index contributed by atoms with van der Waals surface area (Å²) in [5.41, 5.74) is -0.693. The van der Waals surface area contributed by atoms with Crippen LogP contribution in [0.1, 0.15) is 41.5 Å². The van der Waals surface area contributed by atoms with Gasteiger partial charge >= 0.3 is 0 Å². The lowest BCUT2D eigenvalue weighted by Crippen LogP contribution is -2.54. The maximum atomic E-state index is 10.7. The van der Waals surface area contributed by atoms with Crippen LogP contribution in [0.4, 0.5) is 0 Å². The van der Waals surface area contributed by atoms with Gasteiger partial charge in [0.25, 0.3) is 0 Å². The zero-order chi connectivity index (χ0) is 17.4. The predicted octanol–water partition coefficient (Wildman–Crippen LogP) is 1.87. The highest BCUT2D eigenvalue weighted by Crippen LogP contribution is 2.14. The van der Waals surface area contributed by atoms with Gasteiger partial charge < -0.3 is 16.0 Å². The SMILES string of the molecule is CNCC(CNC(C)(C)C(C)N=O)CNC(C)(C)C(C)N=O. The lowest BCUT2D eigenvalue weighted by Gasteiger charge is -2.33. The molecule has 0 aromatic heterocycles. The summed E-state index contributed by atoms with van der Waals surface area (Å²) in [4.78, 5) is 21.5. The van der Waals surface area contributed by atoms with Crippen molar-refractivity contribution in [2.75, 3.05) is 26.7 Å². The summed E-state index contributed by atoms with van der Waals surface area (Å²) >= 11 is 0. The van der Waals surface area contributed by atoms with E-state index in [-0.39, 0.29) is 23.2 Å². The molecule has 0 aliphatic rings. The van der Waals surface area contributed by atoms with E-state index in [2.05, 4.69) is 26.3 Å². The van der Waals surface area contributed by atoms with Gasteiger partial charge in [0, 0.05) is 30.7 Å². The van der Waals surface area contributed by atoms with Crippen molar-refractivity contribution in [1.82, 2.24) is 16.0 Å². The molecule has 0 aliphatic heterocycles. The van der Waals surface area contributed by atoms with Crippen LogP contribution in [0, 0.1) is 15.7 Å². The first kappa shape index (κ1) is 21.1. The number of rotatable bonds is 12. The Morgan fingerprint density at radius 2 is 1.18 bits per heavy atom. The van der Waals surface area contributed by atoms with E-state index >= 15 is 0 Å². The fourth-order valence-electron chi connectivity index (χ4n) is 1.88. The third kappa shape index (κ3) is 6.89. The Labute approximate surface area is 134 Å². The molecule has 0 saturated heterocycles. The number of hydrogen-bond acceptors (Lipinski definition) is 7. The highest BCUT2D eigenvalue weighted by atomic mass is 16.3. The van der Waals surface area contributed by atoms with E-state index in [4.69, 9.17) is 0 Å². The molecular weight excluding hydrogens is 282 g/mol. The van der Waals surface area contributed by atoms with Crippen molar-refractivity contribution < 1.29 is 0 Å². The van der Waals surface area contributed by atoms with Gasteiger partial charge in [-0.1, -0.05) is 10.4 Å². The molecule has 3 N–H and O–H groups in total. The van der Waals surface area contributed by atoms with Crippen LogP contribution in [-0.2, 0) is 0 Å². The molecule has 0 amide bonds. The first-order valence-corrected chi connectivity index (χ1v) is 7.90. The molecule has 2 atom stereocenters. The van der Waals surface area contributed by atoms with Crippen molar-refractivity contribution in [2.45, 2.75) is 64.7 Å². The number of nitrogens with one attached hydrogen (secondary N) is 3. The molecule has 0 aromatic carbocycles. The van der Waals surface area contributed by atoms with Crippen molar-refractivity contribution in [1.29, 1.82) is 0 Å². The first-order chi connectivity index (χ1) is 10.1. The predicted molar refractivity (Wildman–Crippen MR) is 92.1 cm³/mol. The maximum Gasteiger partial charge on any atom is 0.107 e. The molecule has 7 heteroatoms. The van der Waals surface area contributed by atoms with Gasteiger partial charge in [0.2, 0.25) is 0 Å². The molecule has 0 radical (unpaired) electrons. The second kappa shape index (κ2) is 9.27. The van der Waals surface area contributed by atoms with Crippen molar-refractivity contribution in [3.8, 4) is 0 Å². The second-order valence-electron chi connectivity index (χ2n) is 7.19. The van der Waals surface area contributed by atoms with Crippen LogP contribution in [-0.4, -0.2) is 49.8 Å². The third-order valence-electron chi connectivity index (χ3n) is 4.59. The van der Waals surface area contributed by atoms with Gasteiger partial charge in [-0.3, -0.25) is 0 Å². The van der Waals surface area contributed by atoms with Crippen molar-refractivity contribution in [2.24, 2.45) is 16.3 Å². The molecule has 0 aliphatic carbocycles. The van der Waals surface area contributed by atoms with Gasteiger partial charge in [-0.25, -0.2) is 0 Å². The van der Waals surface area contributed by atoms with Crippen molar-refractivity contribution in [3.05, 3.63) is 9.81 Å². The summed E-state index contributed by atoms with van der Waals surface area (Å²) in [5, 5.41) is 16.2. The second-order valence-corrected chi connectivity index (χ2v) is 7.19. The number of hydrogen-bond donors (Lipinski definition) is 3. The maximum absolute atomic E-state index is 10.7. The topological polar surface area (TPSA) is 94.9 Å². The van der Waals surface area contributed by atoms with Gasteiger partial charge in [0.1, 0.15) is 12.1 Å². The minimum Gasteiger partial charge on any atom is -0.319 e. The smallest absolute Gasteiger partial charge is 0.107 e. The minimum atomic E-state index is -0.346. The fraction of sp³-hybridized carbons (Fsp3) is 1.00. The largest absolute Gasteiger partial charge is 0.319 e. The van der Waals surface area contributed by atoms with Crippen LogP contribution in [0.3, 0.4) is 0 Å². The summed E-state index contributed by atoms with van der Waals surface area (Å²) in [7, 11) is 1.91. The quantitative estimate of drug-likeness (QED) is 0.478. The molecule has 2 unspecified atom stereocenters. The lowest BCUT2D eigenvalue weighted by molar-refractivity contribution is 0.270. The van der Waals surface area contributed by atoms with E-state index in [1.807, 2.05) is 48.6 Å². The van der Waals surface area contributed by atoms with Crippen LogP contribution in [0.2, 0.25) is 0 Å². The monoisotopic (exact) mass is 315 g/mol. The molecule has 0 saturated carbocycles. The Balaban J connectivity index is 4.55. The van der Waals surface area contributed by atoms with Crippen LogP contribution < -0.4 is 16.0 Å². The van der Waals surface area contributed by atoms with E-state index in [1.165, 1.54) is 0 Å². The fourth-order valence-corrected chi connectivity index (χ4v) is 1.88. The normalized spacial score (nSPS) is 16.9. The van der Waals surface area contributed by atoms with Gasteiger partial charge in [-0.2, -0.15) is 9.81 Å². The first-order valence-electron chi connectivity index (χ1n) is 7.90. The Morgan fingerprint density at radius 1 is 0.818 bits per heavy atom. The molecule has 0 aromatic rings. The number of nitrogens with zero attached hydrogens (tertiary/aromatic N) is 2. The Morgan fingerprint density at radius 3 is 1.45 bits per heavy atom. The van der Waals surface area contributed by atoms with Gasteiger partial charge in [0.05, 0.1) is 0 Å². The average molecular weight is 315 g/mol. The molecule has 0 bridgehead atoms. The van der Waals surface area contributed by atoms with E-state index in [0.29, 0.717) is 5.92 Å². The molecule has 0 heterocycles. The van der Waals surface area contributed by atoms with E-state index in [9.17, 15) is 9.81 Å². The zero-order valence-corrected chi connectivity index (χ0v) is 15.1. The van der Waals surface area contributed by atoms with Crippen molar-refractivity contribution >= 4 is 0 Å². The summed E-state index contributed by atoms with van der Waals surface area (Å²) in [6.45, 7) is 13.9. The van der Waals surface area contributed by atoms with Crippen LogP contribution in [0.5, 0.6) is 0 Å². The highest BCUT2D eigenvalue weighted by molar-refractivity contribution is 4.91. The lowest BCUT2D eigenvalue weighted by atomic mass is 9.94. The summed E-state index contributed by atoms with van der Waals surface area (Å²) in [5.74, 6) is 0.321. The van der Waals surface area contributed by atoms with Crippen LogP contribution in [0.15, 0.2) is 10.4 Å². The van der Waals surface area contributed by atoms with Crippen LogP contribution in [0.25, 0.3) is 0 Å². The van der Waals surface area contributed by atoms with Gasteiger partial charge in [0.15, 0.2) is 0 Å². The summed E-state index contributed by atoms with van der Waals surface area (Å²) < 4.78 is 0. The Hall–Kier alpha value is -0.920. The Bertz CT molecular complexity index is 317. The van der Waals surface area contributed by atoms with E-state index < -0.39 is 0 Å². The Kier molecular flexibility index (Phi) is 8.88. The molecular formula is C15H33N5O2. The molecule has 0 rings (SSSR count). The molecule has 0 fully saturated rings. The summed E-state index contributed by atoms with van der Waals surface area (Å²) in [6, 6.07) is -0.599. The zero-order valence-electron chi connectivity index (χ0n) is 15.1. The average Bonchev–Trinajstić information content (AvgIpc) is 2.48.